The van der Waals surface area contributed by atoms with Crippen molar-refractivity contribution in [3.05, 3.63) is 254 Å². The van der Waals surface area contributed by atoms with E-state index in [2.05, 4.69) is 243 Å². The molecule has 0 aliphatic heterocycles. The third-order valence-electron chi connectivity index (χ3n) is 11.7. The molecule has 1 heteroatoms. The van der Waals surface area contributed by atoms with Crippen LogP contribution < -0.4 is 0 Å². The maximum atomic E-state index is 11.1. The zero-order chi connectivity index (χ0) is 41.7. The standard InChI is InChI=1S/C61H41N/c62-42-61-59(56-32-14-29-53(38-56)50-26-11-23-47(35-50)44-18-6-2-7-19-44)40-58(55-31-13-28-52(37-55)49-25-10-22-46(34-49)43-16-4-1-5-17-43)41-60(61)57-33-15-30-54(39-57)51-27-12-24-48(36-51)45-20-8-3-9-21-45/h1-41H. The third-order valence-corrected chi connectivity index (χ3v) is 11.7. The van der Waals surface area contributed by atoms with E-state index in [0.29, 0.717) is 5.56 Å². The predicted octanol–water partition coefficient (Wildman–Crippen LogP) is 16.6. The molecule has 0 radical (unpaired) electrons. The molecule has 10 aromatic rings. The molecule has 10 rings (SSSR count). The van der Waals surface area contributed by atoms with Crippen molar-refractivity contribution in [3.63, 3.8) is 0 Å². The van der Waals surface area contributed by atoms with Crippen LogP contribution in [0.3, 0.4) is 0 Å². The largest absolute Gasteiger partial charge is 0.192 e. The zero-order valence-electron chi connectivity index (χ0n) is 34.1. The second-order valence-corrected chi connectivity index (χ2v) is 15.6. The Morgan fingerprint density at radius 3 is 0.677 bits per heavy atom. The lowest BCUT2D eigenvalue weighted by atomic mass is 9.86. The van der Waals surface area contributed by atoms with Crippen LogP contribution in [0.15, 0.2) is 249 Å². The molecule has 0 fully saturated rings. The van der Waals surface area contributed by atoms with Crippen molar-refractivity contribution in [1.29, 1.82) is 5.26 Å². The lowest BCUT2D eigenvalue weighted by Crippen LogP contribution is -1.94. The second-order valence-electron chi connectivity index (χ2n) is 15.6. The Hall–Kier alpha value is -8.31. The van der Waals surface area contributed by atoms with Crippen molar-refractivity contribution >= 4 is 0 Å². The number of hydrogen-bond acceptors (Lipinski definition) is 1. The first kappa shape index (κ1) is 37.9. The third kappa shape index (κ3) is 7.90. The molecule has 0 spiro atoms. The fourth-order valence-electron chi connectivity index (χ4n) is 8.52. The second kappa shape index (κ2) is 17.1. The summed E-state index contributed by atoms with van der Waals surface area (Å²) in [7, 11) is 0. The van der Waals surface area contributed by atoms with Gasteiger partial charge in [-0.15, -0.1) is 0 Å². The first-order valence-corrected chi connectivity index (χ1v) is 21.0. The molecule has 10 aromatic carbocycles. The highest BCUT2D eigenvalue weighted by Gasteiger charge is 2.18. The quantitative estimate of drug-likeness (QED) is 0.143. The van der Waals surface area contributed by atoms with E-state index < -0.39 is 0 Å². The van der Waals surface area contributed by atoms with Gasteiger partial charge in [-0.3, -0.25) is 0 Å². The minimum absolute atomic E-state index is 0.644. The summed E-state index contributed by atoms with van der Waals surface area (Å²) in [6.07, 6.45) is 0. The molecule has 62 heavy (non-hydrogen) atoms. The zero-order valence-corrected chi connectivity index (χ0v) is 34.1. The van der Waals surface area contributed by atoms with Crippen LogP contribution in [0, 0.1) is 11.3 Å². The highest BCUT2D eigenvalue weighted by atomic mass is 14.3. The lowest BCUT2D eigenvalue weighted by Gasteiger charge is -2.17. The first-order chi connectivity index (χ1) is 30.7. The molecule has 1 nitrogen and oxygen atoms in total. The van der Waals surface area contributed by atoms with E-state index >= 15 is 0 Å². The smallest absolute Gasteiger partial charge is 0.100 e. The normalized spacial score (nSPS) is 10.9. The van der Waals surface area contributed by atoms with Crippen LogP contribution in [0.2, 0.25) is 0 Å². The van der Waals surface area contributed by atoms with Crippen LogP contribution in [-0.2, 0) is 0 Å². The van der Waals surface area contributed by atoms with Crippen LogP contribution in [0.1, 0.15) is 5.56 Å². The van der Waals surface area contributed by atoms with Gasteiger partial charge in [0, 0.05) is 11.1 Å². The molecule has 0 saturated heterocycles. The van der Waals surface area contributed by atoms with E-state index in [9.17, 15) is 5.26 Å². The highest BCUT2D eigenvalue weighted by Crippen LogP contribution is 2.41. The molecular formula is C61H41N. The highest BCUT2D eigenvalue weighted by molar-refractivity contribution is 5.91. The van der Waals surface area contributed by atoms with E-state index in [1.54, 1.807) is 0 Å². The van der Waals surface area contributed by atoms with Crippen molar-refractivity contribution in [1.82, 2.24) is 0 Å². The molecular weight excluding hydrogens is 747 g/mol. The monoisotopic (exact) mass is 787 g/mol. The van der Waals surface area contributed by atoms with E-state index in [1.807, 2.05) is 12.1 Å². The number of nitriles is 1. The lowest BCUT2D eigenvalue weighted by molar-refractivity contribution is 1.46. The summed E-state index contributed by atoms with van der Waals surface area (Å²) in [5, 5.41) is 11.1. The topological polar surface area (TPSA) is 23.8 Å². The fraction of sp³-hybridized carbons (Fsp3) is 0. The minimum Gasteiger partial charge on any atom is -0.192 e. The Kier molecular flexibility index (Phi) is 10.5. The summed E-state index contributed by atoms with van der Waals surface area (Å²) in [5.74, 6) is 0. The van der Waals surface area contributed by atoms with Gasteiger partial charge in [0.25, 0.3) is 0 Å². The van der Waals surface area contributed by atoms with Gasteiger partial charge in [0.15, 0.2) is 0 Å². The summed E-state index contributed by atoms with van der Waals surface area (Å²) in [5.41, 5.74) is 20.3. The van der Waals surface area contributed by atoms with E-state index in [0.717, 1.165) is 66.8 Å². The molecule has 0 atom stereocenters. The first-order valence-electron chi connectivity index (χ1n) is 21.0. The van der Waals surface area contributed by atoms with Gasteiger partial charge >= 0.3 is 0 Å². The predicted molar refractivity (Wildman–Crippen MR) is 260 cm³/mol. The van der Waals surface area contributed by atoms with Gasteiger partial charge in [0.2, 0.25) is 0 Å². The van der Waals surface area contributed by atoms with E-state index in [1.165, 1.54) is 33.4 Å². The van der Waals surface area contributed by atoms with Gasteiger partial charge in [0.1, 0.15) is 6.07 Å². The fourth-order valence-corrected chi connectivity index (χ4v) is 8.52. The minimum atomic E-state index is 0.644. The Bertz CT molecular complexity index is 3080. The van der Waals surface area contributed by atoms with Crippen molar-refractivity contribution in [2.24, 2.45) is 0 Å². The van der Waals surface area contributed by atoms with Crippen LogP contribution >= 0.6 is 0 Å². The summed E-state index contributed by atoms with van der Waals surface area (Å²) >= 11 is 0. The maximum absolute atomic E-state index is 11.1. The number of nitrogens with zero attached hydrogens (tertiary/aromatic N) is 1. The number of benzene rings is 10. The van der Waals surface area contributed by atoms with Gasteiger partial charge in [-0.05, 0) is 138 Å². The maximum Gasteiger partial charge on any atom is 0.100 e. The Morgan fingerprint density at radius 1 is 0.194 bits per heavy atom. The Morgan fingerprint density at radius 2 is 0.403 bits per heavy atom. The molecule has 290 valence electrons. The molecule has 0 aliphatic carbocycles. The summed E-state index contributed by atoms with van der Waals surface area (Å²) in [4.78, 5) is 0. The van der Waals surface area contributed by atoms with Gasteiger partial charge in [-0.25, -0.2) is 0 Å². The number of rotatable bonds is 9. The van der Waals surface area contributed by atoms with Crippen LogP contribution in [0.25, 0.3) is 100 Å². The van der Waals surface area contributed by atoms with Crippen LogP contribution in [0.4, 0.5) is 0 Å². The van der Waals surface area contributed by atoms with Crippen molar-refractivity contribution in [3.8, 4) is 106 Å². The molecule has 0 saturated carbocycles. The molecule has 0 aliphatic rings. The average Bonchev–Trinajstić information content (AvgIpc) is 3.37. The molecule has 0 amide bonds. The van der Waals surface area contributed by atoms with Gasteiger partial charge in [0.05, 0.1) is 5.56 Å². The molecule has 0 N–H and O–H groups in total. The Labute approximate surface area is 364 Å². The Balaban J connectivity index is 1.11. The molecule has 0 aromatic heterocycles. The summed E-state index contributed by atoms with van der Waals surface area (Å²) in [6, 6.07) is 90.7. The van der Waals surface area contributed by atoms with Crippen molar-refractivity contribution in [2.75, 3.05) is 0 Å². The summed E-state index contributed by atoms with van der Waals surface area (Å²) < 4.78 is 0. The van der Waals surface area contributed by atoms with Gasteiger partial charge < -0.3 is 0 Å². The van der Waals surface area contributed by atoms with Crippen molar-refractivity contribution in [2.45, 2.75) is 0 Å². The van der Waals surface area contributed by atoms with Gasteiger partial charge in [-0.2, -0.15) is 5.26 Å². The van der Waals surface area contributed by atoms with Crippen molar-refractivity contribution < 1.29 is 0 Å². The van der Waals surface area contributed by atoms with E-state index in [-0.39, 0.29) is 0 Å². The average molecular weight is 788 g/mol. The van der Waals surface area contributed by atoms with Crippen LogP contribution in [0.5, 0.6) is 0 Å². The van der Waals surface area contributed by atoms with Crippen LogP contribution in [-0.4, -0.2) is 0 Å². The SMILES string of the molecule is N#Cc1c(-c2cccc(-c3cccc(-c4ccccc4)c3)c2)cc(-c2cccc(-c3cccc(-c4ccccc4)c3)c2)cc1-c1cccc(-c2cccc(-c3ccccc3)c2)c1. The van der Waals surface area contributed by atoms with E-state index in [4.69, 9.17) is 0 Å². The summed E-state index contributed by atoms with van der Waals surface area (Å²) in [6.45, 7) is 0. The number of hydrogen-bond donors (Lipinski definition) is 0. The van der Waals surface area contributed by atoms with Gasteiger partial charge in [-0.1, -0.05) is 200 Å². The molecule has 0 unspecified atom stereocenters. The molecule has 0 bridgehead atoms. The molecule has 0 heterocycles.